The number of carbonyl (C=O) groups excluding carboxylic acids is 3. The maximum absolute atomic E-state index is 12.6. The minimum atomic E-state index is -0.498. The molecule has 0 aliphatic rings. The summed E-state index contributed by atoms with van der Waals surface area (Å²) in [6, 6.07) is 13.6. The molecule has 0 saturated carbocycles. The van der Waals surface area contributed by atoms with Crippen molar-refractivity contribution in [1.29, 1.82) is 0 Å². The number of Topliss-reactive ketones (excluding diaryl/α,β-unsaturated/α-hetero) is 1. The highest BCUT2D eigenvalue weighted by Crippen LogP contribution is 2.22. The van der Waals surface area contributed by atoms with Gasteiger partial charge in [0.05, 0.1) is 31.0 Å². The van der Waals surface area contributed by atoms with Crippen LogP contribution in [0.5, 0.6) is 11.5 Å². The van der Waals surface area contributed by atoms with Gasteiger partial charge in [-0.15, -0.1) is 0 Å². The minimum Gasteiger partial charge on any atom is -0.496 e. The Balaban J connectivity index is 1.62. The average molecular weight is 436 g/mol. The second-order valence-electron chi connectivity index (χ2n) is 7.01. The highest BCUT2D eigenvalue weighted by Gasteiger charge is 2.22. The maximum atomic E-state index is 12.6. The Hall–Kier alpha value is -4.07. The van der Waals surface area contributed by atoms with E-state index in [2.05, 4.69) is 10.3 Å². The van der Waals surface area contributed by atoms with Crippen molar-refractivity contribution >= 4 is 23.3 Å². The molecule has 32 heavy (non-hydrogen) atoms. The van der Waals surface area contributed by atoms with Crippen LogP contribution in [0.3, 0.4) is 0 Å². The van der Waals surface area contributed by atoms with E-state index in [1.807, 2.05) is 0 Å². The number of hydrogen-bond donors (Lipinski definition) is 2. The molecular weight excluding hydrogens is 412 g/mol. The Morgan fingerprint density at radius 3 is 2.31 bits per heavy atom. The quantitative estimate of drug-likeness (QED) is 0.409. The molecule has 0 unspecified atom stereocenters. The third kappa shape index (κ3) is 4.80. The number of ether oxygens (including phenoxy) is 3. The lowest BCUT2D eigenvalue weighted by molar-refractivity contribution is 0.0599. The second-order valence-corrected chi connectivity index (χ2v) is 7.01. The van der Waals surface area contributed by atoms with Crippen LogP contribution in [0.2, 0.25) is 0 Å². The van der Waals surface area contributed by atoms with E-state index in [4.69, 9.17) is 14.2 Å². The van der Waals surface area contributed by atoms with Crippen molar-refractivity contribution in [1.82, 2.24) is 4.98 Å². The lowest BCUT2D eigenvalue weighted by Gasteiger charge is -2.10. The van der Waals surface area contributed by atoms with Crippen LogP contribution in [0.4, 0.5) is 5.69 Å². The lowest BCUT2D eigenvalue weighted by atomic mass is 10.1. The van der Waals surface area contributed by atoms with E-state index in [0.29, 0.717) is 45.3 Å². The SMILES string of the molecule is COC(=O)c1c(C)[nH]c(C(=O)COc2ccc(NC(=O)c3ccccc3OC)cc2)c1C. The monoisotopic (exact) mass is 436 g/mol. The van der Waals surface area contributed by atoms with E-state index in [9.17, 15) is 14.4 Å². The van der Waals surface area contributed by atoms with Gasteiger partial charge in [0.1, 0.15) is 11.5 Å². The number of ketones is 1. The number of rotatable bonds is 8. The zero-order valence-corrected chi connectivity index (χ0v) is 18.3. The van der Waals surface area contributed by atoms with E-state index in [1.54, 1.807) is 62.4 Å². The number of anilines is 1. The van der Waals surface area contributed by atoms with Gasteiger partial charge in [0, 0.05) is 11.4 Å². The molecule has 0 spiro atoms. The summed E-state index contributed by atoms with van der Waals surface area (Å²) in [5.41, 5.74) is 2.74. The molecule has 8 nitrogen and oxygen atoms in total. The molecule has 0 saturated heterocycles. The lowest BCUT2D eigenvalue weighted by Crippen LogP contribution is -2.14. The number of nitrogens with one attached hydrogen (secondary N) is 2. The van der Waals surface area contributed by atoms with Crippen LogP contribution in [-0.2, 0) is 4.74 Å². The molecule has 1 heterocycles. The van der Waals surface area contributed by atoms with Gasteiger partial charge in [-0.1, -0.05) is 12.1 Å². The number of aromatic amines is 1. The van der Waals surface area contributed by atoms with Gasteiger partial charge in [0.25, 0.3) is 5.91 Å². The third-order valence-corrected chi connectivity index (χ3v) is 4.94. The maximum Gasteiger partial charge on any atom is 0.339 e. The summed E-state index contributed by atoms with van der Waals surface area (Å²) in [7, 11) is 2.80. The number of benzene rings is 2. The van der Waals surface area contributed by atoms with Crippen molar-refractivity contribution in [3.05, 3.63) is 76.6 Å². The van der Waals surface area contributed by atoms with Gasteiger partial charge in [-0.2, -0.15) is 0 Å². The third-order valence-electron chi connectivity index (χ3n) is 4.94. The van der Waals surface area contributed by atoms with Gasteiger partial charge in [-0.05, 0) is 55.8 Å². The smallest absolute Gasteiger partial charge is 0.339 e. The molecule has 2 aromatic carbocycles. The number of aromatic nitrogens is 1. The Bertz CT molecular complexity index is 1150. The van der Waals surface area contributed by atoms with Crippen LogP contribution in [0, 0.1) is 13.8 Å². The van der Waals surface area contributed by atoms with Crippen LogP contribution in [0.25, 0.3) is 0 Å². The molecule has 0 atom stereocenters. The summed E-state index contributed by atoms with van der Waals surface area (Å²) in [5.74, 6) is -0.155. The Kier molecular flexibility index (Phi) is 6.94. The summed E-state index contributed by atoms with van der Waals surface area (Å²) in [5, 5.41) is 2.79. The largest absolute Gasteiger partial charge is 0.496 e. The van der Waals surface area contributed by atoms with Crippen molar-refractivity contribution in [3.63, 3.8) is 0 Å². The Morgan fingerprint density at radius 2 is 1.66 bits per heavy atom. The molecule has 0 radical (unpaired) electrons. The van der Waals surface area contributed by atoms with Crippen LogP contribution in [-0.4, -0.2) is 43.5 Å². The van der Waals surface area contributed by atoms with Crippen molar-refractivity contribution in [2.24, 2.45) is 0 Å². The molecule has 1 amide bonds. The van der Waals surface area contributed by atoms with Crippen molar-refractivity contribution in [3.8, 4) is 11.5 Å². The van der Waals surface area contributed by atoms with Crippen LogP contribution >= 0.6 is 0 Å². The Labute approximate surface area is 185 Å². The topological polar surface area (TPSA) is 107 Å². The number of hydrogen-bond acceptors (Lipinski definition) is 6. The van der Waals surface area contributed by atoms with Gasteiger partial charge in [-0.25, -0.2) is 4.79 Å². The van der Waals surface area contributed by atoms with Gasteiger partial charge in [-0.3, -0.25) is 9.59 Å². The van der Waals surface area contributed by atoms with Crippen LogP contribution < -0.4 is 14.8 Å². The predicted octanol–water partition coefficient (Wildman–Crippen LogP) is 3.94. The van der Waals surface area contributed by atoms with Crippen LogP contribution in [0.1, 0.15) is 42.5 Å². The molecule has 8 heteroatoms. The molecule has 3 aromatic rings. The number of esters is 1. The molecule has 0 aliphatic heterocycles. The number of amides is 1. The predicted molar refractivity (Wildman–Crippen MR) is 119 cm³/mol. The number of carbonyl (C=O) groups is 3. The second kappa shape index (κ2) is 9.82. The van der Waals surface area contributed by atoms with Gasteiger partial charge in [0.2, 0.25) is 5.78 Å². The molecule has 1 aromatic heterocycles. The molecule has 166 valence electrons. The molecule has 0 aliphatic carbocycles. The standard InChI is InChI=1S/C24H24N2O6/c1-14-21(24(29)31-4)15(2)25-22(14)19(27)13-32-17-11-9-16(10-12-17)26-23(28)18-7-5-6-8-20(18)30-3/h5-12,25H,13H2,1-4H3,(H,26,28). The van der Waals surface area contributed by atoms with E-state index >= 15 is 0 Å². The molecule has 0 fully saturated rings. The van der Waals surface area contributed by atoms with Gasteiger partial charge < -0.3 is 24.5 Å². The summed E-state index contributed by atoms with van der Waals surface area (Å²) < 4.78 is 15.5. The number of para-hydroxylation sites is 1. The minimum absolute atomic E-state index is 0.214. The normalized spacial score (nSPS) is 10.4. The van der Waals surface area contributed by atoms with Crippen molar-refractivity contribution < 1.29 is 28.6 Å². The average Bonchev–Trinajstić information content (AvgIpc) is 3.11. The summed E-state index contributed by atoms with van der Waals surface area (Å²) in [4.78, 5) is 39.9. The zero-order chi connectivity index (χ0) is 23.3. The first kappa shape index (κ1) is 22.6. The first-order chi connectivity index (χ1) is 15.3. The van der Waals surface area contributed by atoms with E-state index in [0.717, 1.165) is 0 Å². The fraction of sp³-hybridized carbons (Fsp3) is 0.208. The first-order valence-electron chi connectivity index (χ1n) is 9.83. The van der Waals surface area contributed by atoms with Crippen LogP contribution in [0.15, 0.2) is 48.5 Å². The summed E-state index contributed by atoms with van der Waals surface area (Å²) >= 11 is 0. The fourth-order valence-corrected chi connectivity index (χ4v) is 3.32. The van der Waals surface area contributed by atoms with Crippen molar-refractivity contribution in [2.45, 2.75) is 13.8 Å². The molecule has 2 N–H and O–H groups in total. The molecular formula is C24H24N2O6. The van der Waals surface area contributed by atoms with Gasteiger partial charge in [0.15, 0.2) is 6.61 Å². The highest BCUT2D eigenvalue weighted by molar-refractivity contribution is 6.06. The van der Waals surface area contributed by atoms with E-state index < -0.39 is 5.97 Å². The van der Waals surface area contributed by atoms with E-state index in [-0.39, 0.29) is 18.3 Å². The van der Waals surface area contributed by atoms with Gasteiger partial charge >= 0.3 is 5.97 Å². The summed E-state index contributed by atoms with van der Waals surface area (Å²) in [6.07, 6.45) is 0. The number of methoxy groups -OCH3 is 2. The van der Waals surface area contributed by atoms with Crippen molar-refractivity contribution in [2.75, 3.05) is 26.1 Å². The Morgan fingerprint density at radius 1 is 0.969 bits per heavy atom. The zero-order valence-electron chi connectivity index (χ0n) is 18.3. The number of H-pyrrole nitrogens is 1. The van der Waals surface area contributed by atoms with E-state index in [1.165, 1.54) is 14.2 Å². The fourth-order valence-electron chi connectivity index (χ4n) is 3.32. The highest BCUT2D eigenvalue weighted by atomic mass is 16.5. The number of aryl methyl sites for hydroxylation is 1. The molecule has 3 rings (SSSR count). The first-order valence-corrected chi connectivity index (χ1v) is 9.83. The summed E-state index contributed by atoms with van der Waals surface area (Å²) in [6.45, 7) is 3.17. The molecule has 0 bridgehead atoms.